The second kappa shape index (κ2) is 7.35. The Balaban J connectivity index is 1.54. The fraction of sp³-hybridized carbons (Fsp3) is 0.789. The van der Waals surface area contributed by atoms with E-state index in [2.05, 4.69) is 24.0 Å². The number of aryl methyl sites for hydroxylation is 1. The summed E-state index contributed by atoms with van der Waals surface area (Å²) in [6, 6.07) is 0.312. The van der Waals surface area contributed by atoms with Gasteiger partial charge in [0.1, 0.15) is 5.54 Å². The molecule has 154 valence electrons. The molecular weight excluding hydrogens is 362 g/mol. The van der Waals surface area contributed by atoms with Crippen LogP contribution in [0, 0.1) is 12.8 Å². The number of imide groups is 1. The quantitative estimate of drug-likeness (QED) is 0.707. The van der Waals surface area contributed by atoms with Crippen molar-refractivity contribution in [1.82, 2.24) is 20.0 Å². The van der Waals surface area contributed by atoms with Crippen LogP contribution in [0.5, 0.6) is 0 Å². The summed E-state index contributed by atoms with van der Waals surface area (Å²) in [6.07, 6.45) is 2.98. The van der Waals surface area contributed by atoms with Crippen LogP contribution in [0.3, 0.4) is 0 Å². The first kappa shape index (κ1) is 19.2. The summed E-state index contributed by atoms with van der Waals surface area (Å²) in [5.74, 6) is 0.731. The molecule has 4 rings (SSSR count). The van der Waals surface area contributed by atoms with Crippen LogP contribution in [0.25, 0.3) is 0 Å². The van der Waals surface area contributed by atoms with Crippen molar-refractivity contribution >= 4 is 18.0 Å². The molecule has 9 nitrogen and oxygen atoms in total. The van der Waals surface area contributed by atoms with Gasteiger partial charge in [-0.2, -0.15) is 0 Å². The largest absolute Gasteiger partial charge is 0.408 e. The van der Waals surface area contributed by atoms with E-state index in [-0.39, 0.29) is 24.0 Å². The van der Waals surface area contributed by atoms with Gasteiger partial charge in [0, 0.05) is 33.2 Å². The van der Waals surface area contributed by atoms with Gasteiger partial charge in [-0.3, -0.25) is 9.69 Å². The van der Waals surface area contributed by atoms with Gasteiger partial charge in [-0.05, 0) is 31.6 Å². The minimum absolute atomic E-state index is 0.0367. The number of urea groups is 1. The number of aromatic nitrogens is 2. The second-order valence-corrected chi connectivity index (χ2v) is 8.46. The summed E-state index contributed by atoms with van der Waals surface area (Å²) in [7, 11) is 0. The van der Waals surface area contributed by atoms with Gasteiger partial charge < -0.3 is 19.0 Å². The van der Waals surface area contributed by atoms with Gasteiger partial charge in [0.05, 0.1) is 12.6 Å². The van der Waals surface area contributed by atoms with Gasteiger partial charge in [-0.1, -0.05) is 18.9 Å². The van der Waals surface area contributed by atoms with E-state index in [4.69, 9.17) is 9.15 Å². The number of ether oxygens (including phenoxy) is 1. The van der Waals surface area contributed by atoms with Crippen molar-refractivity contribution in [2.45, 2.75) is 58.1 Å². The van der Waals surface area contributed by atoms with Gasteiger partial charge in [0.2, 0.25) is 5.89 Å². The lowest BCUT2D eigenvalue weighted by Gasteiger charge is -2.42. The Hall–Kier alpha value is -2.16. The van der Waals surface area contributed by atoms with E-state index in [0.717, 1.165) is 12.8 Å². The first-order chi connectivity index (χ1) is 13.4. The summed E-state index contributed by atoms with van der Waals surface area (Å²) in [5.41, 5.74) is -0.772. The summed E-state index contributed by atoms with van der Waals surface area (Å²) in [5, 5.41) is 7.98. The Labute approximate surface area is 165 Å². The lowest BCUT2D eigenvalue weighted by atomic mass is 9.85. The average Bonchev–Trinajstić information content (AvgIpc) is 3.37. The van der Waals surface area contributed by atoms with Crippen LogP contribution in [-0.2, 0) is 9.53 Å². The third-order valence-electron chi connectivity index (χ3n) is 5.96. The molecule has 1 aromatic heterocycles. The van der Waals surface area contributed by atoms with Gasteiger partial charge in [0.25, 0.3) is 5.91 Å². The zero-order valence-electron chi connectivity index (χ0n) is 16.9. The molecule has 0 bridgehead atoms. The molecule has 3 saturated heterocycles. The van der Waals surface area contributed by atoms with E-state index in [9.17, 15) is 9.59 Å². The normalized spacial score (nSPS) is 25.0. The maximum atomic E-state index is 13.5. The average molecular weight is 391 g/mol. The first-order valence-corrected chi connectivity index (χ1v) is 10.2. The molecule has 9 heteroatoms. The SMILES string of the molecule is Cc1nnc(N2CCC3(CC2)C(=O)N(CC2CCCO2)C(=O)N3CC(C)C)o1. The van der Waals surface area contributed by atoms with Gasteiger partial charge in [-0.25, -0.2) is 4.79 Å². The smallest absolute Gasteiger partial charge is 0.327 e. The summed E-state index contributed by atoms with van der Waals surface area (Å²) < 4.78 is 11.2. The summed E-state index contributed by atoms with van der Waals surface area (Å²) >= 11 is 0. The number of hydrogen-bond acceptors (Lipinski definition) is 7. The third kappa shape index (κ3) is 3.25. The standard InChI is InChI=1S/C19H29N5O4/c1-13(2)11-24-18(26)23(12-15-5-4-10-27-15)16(25)19(24)6-8-22(9-7-19)17-21-20-14(3)28-17/h13,15H,4-12H2,1-3H3. The zero-order chi connectivity index (χ0) is 19.9. The highest BCUT2D eigenvalue weighted by atomic mass is 16.5. The molecule has 1 spiro atoms. The van der Waals surface area contributed by atoms with E-state index in [1.165, 1.54) is 4.90 Å². The van der Waals surface area contributed by atoms with Crippen LogP contribution in [0.1, 0.15) is 45.4 Å². The molecular formula is C19H29N5O4. The molecule has 3 aliphatic rings. The van der Waals surface area contributed by atoms with Crippen molar-refractivity contribution in [2.24, 2.45) is 5.92 Å². The van der Waals surface area contributed by atoms with E-state index < -0.39 is 5.54 Å². The highest BCUT2D eigenvalue weighted by Crippen LogP contribution is 2.39. The lowest BCUT2D eigenvalue weighted by Crippen LogP contribution is -2.57. The number of piperidine rings is 1. The molecule has 0 radical (unpaired) electrons. The van der Waals surface area contributed by atoms with Crippen LogP contribution in [0.2, 0.25) is 0 Å². The Morgan fingerprint density at radius 2 is 1.96 bits per heavy atom. The fourth-order valence-electron chi connectivity index (χ4n) is 4.52. The van der Waals surface area contributed by atoms with E-state index >= 15 is 0 Å². The number of amides is 3. The molecule has 1 atom stereocenters. The number of rotatable bonds is 5. The Morgan fingerprint density at radius 1 is 1.21 bits per heavy atom. The van der Waals surface area contributed by atoms with Crippen molar-refractivity contribution in [3.63, 3.8) is 0 Å². The van der Waals surface area contributed by atoms with Crippen molar-refractivity contribution in [1.29, 1.82) is 0 Å². The van der Waals surface area contributed by atoms with E-state index in [1.54, 1.807) is 6.92 Å². The van der Waals surface area contributed by atoms with Crippen molar-refractivity contribution < 1.29 is 18.7 Å². The van der Waals surface area contributed by atoms with Crippen molar-refractivity contribution in [3.05, 3.63) is 5.89 Å². The Bertz CT molecular complexity index is 734. The number of carbonyl (C=O) groups is 2. The molecule has 3 fully saturated rings. The summed E-state index contributed by atoms with van der Waals surface area (Å²) in [4.78, 5) is 31.9. The Kier molecular flexibility index (Phi) is 5.03. The second-order valence-electron chi connectivity index (χ2n) is 8.46. The van der Waals surface area contributed by atoms with Crippen LogP contribution in [0.15, 0.2) is 4.42 Å². The molecule has 1 aromatic rings. The van der Waals surface area contributed by atoms with Crippen LogP contribution < -0.4 is 4.90 Å². The maximum Gasteiger partial charge on any atom is 0.327 e. The summed E-state index contributed by atoms with van der Waals surface area (Å²) in [6.45, 7) is 8.75. The maximum absolute atomic E-state index is 13.5. The van der Waals surface area contributed by atoms with Gasteiger partial charge in [0.15, 0.2) is 0 Å². The van der Waals surface area contributed by atoms with Gasteiger partial charge >= 0.3 is 12.0 Å². The molecule has 3 amide bonds. The molecule has 0 aliphatic carbocycles. The number of nitrogens with zero attached hydrogens (tertiary/aromatic N) is 5. The van der Waals surface area contributed by atoms with Crippen molar-refractivity contribution in [3.8, 4) is 0 Å². The first-order valence-electron chi connectivity index (χ1n) is 10.2. The number of anilines is 1. The Morgan fingerprint density at radius 3 is 2.54 bits per heavy atom. The number of carbonyl (C=O) groups excluding carboxylic acids is 2. The fourth-order valence-corrected chi connectivity index (χ4v) is 4.52. The van der Waals surface area contributed by atoms with E-state index in [1.807, 2.05) is 9.80 Å². The van der Waals surface area contributed by atoms with Crippen LogP contribution in [0.4, 0.5) is 10.8 Å². The predicted molar refractivity (Wildman–Crippen MR) is 101 cm³/mol. The minimum Gasteiger partial charge on any atom is -0.408 e. The molecule has 0 aromatic carbocycles. The van der Waals surface area contributed by atoms with E-state index in [0.29, 0.717) is 57.5 Å². The molecule has 4 heterocycles. The molecule has 0 N–H and O–H groups in total. The number of hydrogen-bond donors (Lipinski definition) is 0. The highest BCUT2D eigenvalue weighted by Gasteiger charge is 2.58. The third-order valence-corrected chi connectivity index (χ3v) is 5.96. The molecule has 3 aliphatic heterocycles. The molecule has 28 heavy (non-hydrogen) atoms. The molecule has 0 saturated carbocycles. The predicted octanol–water partition coefficient (Wildman–Crippen LogP) is 1.82. The highest BCUT2D eigenvalue weighted by molar-refractivity contribution is 6.07. The topological polar surface area (TPSA) is 92.0 Å². The lowest BCUT2D eigenvalue weighted by molar-refractivity contribution is -0.135. The van der Waals surface area contributed by atoms with Crippen molar-refractivity contribution in [2.75, 3.05) is 37.7 Å². The van der Waals surface area contributed by atoms with Gasteiger partial charge in [-0.15, -0.1) is 5.10 Å². The zero-order valence-corrected chi connectivity index (χ0v) is 16.9. The van der Waals surface area contributed by atoms with Crippen LogP contribution >= 0.6 is 0 Å². The monoisotopic (exact) mass is 391 g/mol. The minimum atomic E-state index is -0.772. The van der Waals surface area contributed by atoms with Crippen LogP contribution in [-0.4, -0.2) is 76.4 Å². The molecule has 1 unspecified atom stereocenters.